The van der Waals surface area contributed by atoms with E-state index in [9.17, 15) is 0 Å². The van der Waals surface area contributed by atoms with E-state index in [0.717, 1.165) is 6.54 Å². The predicted molar refractivity (Wildman–Crippen MR) is 75.7 cm³/mol. The van der Waals surface area contributed by atoms with E-state index in [1.165, 1.54) is 5.56 Å². The highest BCUT2D eigenvalue weighted by molar-refractivity contribution is 5.18. The molecule has 0 spiro atoms. The largest absolute Gasteiger partial charge is 0.473 e. The third-order valence-corrected chi connectivity index (χ3v) is 1.70. The summed E-state index contributed by atoms with van der Waals surface area (Å²) in [5, 5.41) is 3.05. The van der Waals surface area contributed by atoms with E-state index in [1.54, 1.807) is 6.20 Å². The van der Waals surface area contributed by atoms with E-state index in [0.29, 0.717) is 5.88 Å². The van der Waals surface area contributed by atoms with Crippen LogP contribution in [-0.2, 0) is 0 Å². The summed E-state index contributed by atoms with van der Waals surface area (Å²) in [6.07, 6.45) is 1.91. The molecular weight excluding hydrogens is 212 g/mol. The van der Waals surface area contributed by atoms with E-state index < -0.39 is 0 Å². The second-order valence-electron chi connectivity index (χ2n) is 3.16. The van der Waals surface area contributed by atoms with Gasteiger partial charge in [-0.05, 0) is 32.5 Å². The second kappa shape index (κ2) is 13.0. The maximum Gasteiger partial charge on any atom is 0.213 e. The molecule has 1 heterocycles. The Morgan fingerprint density at radius 2 is 1.88 bits per heavy atom. The topological polar surface area (TPSA) is 34.1 Å². The van der Waals surface area contributed by atoms with E-state index in [1.807, 2.05) is 60.7 Å². The number of hydrogen-bond donors (Lipinski definition) is 1. The fraction of sp³-hybridized carbons (Fsp3) is 0.643. The van der Waals surface area contributed by atoms with Crippen LogP contribution >= 0.6 is 0 Å². The van der Waals surface area contributed by atoms with Gasteiger partial charge >= 0.3 is 0 Å². The molecule has 1 unspecified atom stereocenters. The molecule has 1 aromatic heterocycles. The van der Waals surface area contributed by atoms with Gasteiger partial charge in [-0.1, -0.05) is 27.7 Å². The summed E-state index contributed by atoms with van der Waals surface area (Å²) in [7, 11) is 1.91. The fourth-order valence-corrected chi connectivity index (χ4v) is 1.11. The maximum atomic E-state index is 5.56. The van der Waals surface area contributed by atoms with Crippen LogP contribution in [0.2, 0.25) is 0 Å². The van der Waals surface area contributed by atoms with E-state index in [2.05, 4.69) is 10.3 Å². The van der Waals surface area contributed by atoms with E-state index in [-0.39, 0.29) is 6.10 Å². The monoisotopic (exact) mass is 240 g/mol. The first-order valence-electron chi connectivity index (χ1n) is 6.46. The number of nitrogens with zero attached hydrogens (tertiary/aromatic N) is 1. The molecule has 17 heavy (non-hydrogen) atoms. The lowest BCUT2D eigenvalue weighted by Gasteiger charge is -2.12. The molecule has 3 heteroatoms. The van der Waals surface area contributed by atoms with Gasteiger partial charge in [0, 0.05) is 18.8 Å². The van der Waals surface area contributed by atoms with Crippen molar-refractivity contribution in [2.75, 3.05) is 13.6 Å². The molecule has 0 saturated carbocycles. The highest BCUT2D eigenvalue weighted by Gasteiger charge is 2.02. The maximum absolute atomic E-state index is 5.56. The standard InChI is InChI=1S/C10H16N2O.2C2H6/c1-8-4-5-12-10(6-8)13-9(2)7-11-3;2*1-2/h4-6,9,11H,7H2,1-3H3;2*1-2H3. The third kappa shape index (κ3) is 9.82. The Hall–Kier alpha value is -1.09. The lowest BCUT2D eigenvalue weighted by Crippen LogP contribution is -2.26. The van der Waals surface area contributed by atoms with Crippen molar-refractivity contribution in [3.8, 4) is 5.88 Å². The van der Waals surface area contributed by atoms with Gasteiger partial charge in [-0.15, -0.1) is 0 Å². The molecule has 0 saturated heterocycles. The second-order valence-corrected chi connectivity index (χ2v) is 3.16. The summed E-state index contributed by atoms with van der Waals surface area (Å²) in [5.74, 6) is 0.697. The zero-order valence-electron chi connectivity index (χ0n) is 12.4. The van der Waals surface area contributed by atoms with Gasteiger partial charge in [-0.25, -0.2) is 4.98 Å². The van der Waals surface area contributed by atoms with Gasteiger partial charge in [0.25, 0.3) is 0 Å². The lowest BCUT2D eigenvalue weighted by atomic mass is 10.3. The Morgan fingerprint density at radius 1 is 1.29 bits per heavy atom. The van der Waals surface area contributed by atoms with Crippen molar-refractivity contribution in [1.82, 2.24) is 10.3 Å². The summed E-state index contributed by atoms with van der Waals surface area (Å²) in [6, 6.07) is 3.89. The van der Waals surface area contributed by atoms with Gasteiger partial charge in [0.05, 0.1) is 0 Å². The highest BCUT2D eigenvalue weighted by atomic mass is 16.5. The van der Waals surface area contributed by atoms with Crippen molar-refractivity contribution in [3.63, 3.8) is 0 Å². The van der Waals surface area contributed by atoms with Crippen LogP contribution < -0.4 is 10.1 Å². The minimum Gasteiger partial charge on any atom is -0.473 e. The molecule has 0 aliphatic heterocycles. The van der Waals surface area contributed by atoms with Crippen molar-refractivity contribution < 1.29 is 4.74 Å². The van der Waals surface area contributed by atoms with Crippen molar-refractivity contribution in [2.45, 2.75) is 47.6 Å². The lowest BCUT2D eigenvalue weighted by molar-refractivity contribution is 0.212. The fourth-order valence-electron chi connectivity index (χ4n) is 1.11. The van der Waals surface area contributed by atoms with Gasteiger partial charge in [0.15, 0.2) is 0 Å². The Bertz CT molecular complexity index is 264. The number of hydrogen-bond acceptors (Lipinski definition) is 3. The van der Waals surface area contributed by atoms with Crippen LogP contribution in [-0.4, -0.2) is 24.7 Å². The molecule has 0 aromatic carbocycles. The molecular formula is C14H28N2O. The molecule has 0 amide bonds. The van der Waals surface area contributed by atoms with Crippen molar-refractivity contribution in [1.29, 1.82) is 0 Å². The van der Waals surface area contributed by atoms with Gasteiger partial charge in [0.2, 0.25) is 5.88 Å². The minimum atomic E-state index is 0.152. The number of rotatable bonds is 4. The van der Waals surface area contributed by atoms with Gasteiger partial charge in [-0.3, -0.25) is 0 Å². The first kappa shape index (κ1) is 18.3. The smallest absolute Gasteiger partial charge is 0.213 e. The number of likely N-dealkylation sites (N-methyl/N-ethyl adjacent to an activating group) is 1. The summed E-state index contributed by atoms with van der Waals surface area (Å²) in [6.45, 7) is 12.9. The summed E-state index contributed by atoms with van der Waals surface area (Å²) in [4.78, 5) is 4.11. The summed E-state index contributed by atoms with van der Waals surface area (Å²) in [5.41, 5.74) is 1.17. The predicted octanol–water partition coefficient (Wildman–Crippen LogP) is 3.43. The summed E-state index contributed by atoms with van der Waals surface area (Å²) < 4.78 is 5.56. The third-order valence-electron chi connectivity index (χ3n) is 1.70. The average molecular weight is 240 g/mol. The first-order chi connectivity index (χ1) is 8.22. The number of nitrogens with one attached hydrogen (secondary N) is 1. The SMILES string of the molecule is CC.CC.CNCC(C)Oc1cc(C)ccn1. The van der Waals surface area contributed by atoms with Crippen LogP contribution in [0.3, 0.4) is 0 Å². The highest BCUT2D eigenvalue weighted by Crippen LogP contribution is 2.09. The van der Waals surface area contributed by atoms with E-state index in [4.69, 9.17) is 4.74 Å². The van der Waals surface area contributed by atoms with E-state index >= 15 is 0 Å². The van der Waals surface area contributed by atoms with Crippen molar-refractivity contribution in [3.05, 3.63) is 23.9 Å². The van der Waals surface area contributed by atoms with Crippen LogP contribution in [0, 0.1) is 6.92 Å². The Morgan fingerprint density at radius 3 is 2.35 bits per heavy atom. The minimum absolute atomic E-state index is 0.152. The Balaban J connectivity index is 0. The molecule has 1 aromatic rings. The molecule has 1 atom stereocenters. The van der Waals surface area contributed by atoms with Crippen molar-refractivity contribution >= 4 is 0 Å². The van der Waals surface area contributed by atoms with Crippen molar-refractivity contribution in [2.24, 2.45) is 0 Å². The average Bonchev–Trinajstić information content (AvgIpc) is 2.34. The number of ether oxygens (including phenoxy) is 1. The normalized spacial score (nSPS) is 10.3. The molecule has 100 valence electrons. The number of aromatic nitrogens is 1. The zero-order chi connectivity index (χ0) is 13.7. The molecule has 3 nitrogen and oxygen atoms in total. The van der Waals surface area contributed by atoms with Crippen LogP contribution in [0.4, 0.5) is 0 Å². The van der Waals surface area contributed by atoms with Crippen LogP contribution in [0.15, 0.2) is 18.3 Å². The van der Waals surface area contributed by atoms with Gasteiger partial charge in [0.1, 0.15) is 6.10 Å². The molecule has 0 aliphatic rings. The summed E-state index contributed by atoms with van der Waals surface area (Å²) >= 11 is 0. The zero-order valence-corrected chi connectivity index (χ0v) is 12.4. The Kier molecular flexibility index (Phi) is 14.0. The van der Waals surface area contributed by atoms with Gasteiger partial charge in [-0.2, -0.15) is 0 Å². The quantitative estimate of drug-likeness (QED) is 0.875. The molecule has 0 radical (unpaired) electrons. The number of pyridine rings is 1. The molecule has 0 bridgehead atoms. The molecule has 1 N–H and O–H groups in total. The molecule has 0 aliphatic carbocycles. The van der Waals surface area contributed by atoms with Crippen LogP contribution in [0.25, 0.3) is 0 Å². The number of aryl methyl sites for hydroxylation is 1. The van der Waals surface area contributed by atoms with Crippen LogP contribution in [0.1, 0.15) is 40.2 Å². The van der Waals surface area contributed by atoms with Gasteiger partial charge < -0.3 is 10.1 Å². The Labute approximate surface area is 107 Å². The molecule has 0 fully saturated rings. The van der Waals surface area contributed by atoms with Crippen LogP contribution in [0.5, 0.6) is 5.88 Å². The molecule has 1 rings (SSSR count). The first-order valence-corrected chi connectivity index (χ1v) is 6.46.